The molecular formula is C25H48Si2. The lowest BCUT2D eigenvalue weighted by atomic mass is 10.1. The Hall–Kier alpha value is -0.346. The Morgan fingerprint density at radius 2 is 0.815 bits per heavy atom. The highest BCUT2D eigenvalue weighted by Gasteiger charge is 2.25. The molecule has 0 fully saturated rings. The first kappa shape index (κ1) is 24.7. The lowest BCUT2D eigenvalue weighted by Gasteiger charge is -2.26. The van der Waals surface area contributed by atoms with Crippen molar-refractivity contribution in [1.29, 1.82) is 0 Å². The van der Waals surface area contributed by atoms with Crippen molar-refractivity contribution in [2.45, 2.75) is 123 Å². The van der Waals surface area contributed by atoms with E-state index < -0.39 is 16.1 Å². The molecule has 0 atom stereocenters. The van der Waals surface area contributed by atoms with Gasteiger partial charge in [-0.1, -0.05) is 157 Å². The molecule has 0 saturated carbocycles. The van der Waals surface area contributed by atoms with Crippen molar-refractivity contribution in [1.82, 2.24) is 0 Å². The quantitative estimate of drug-likeness (QED) is 0.206. The van der Waals surface area contributed by atoms with Crippen LogP contribution in [0.3, 0.4) is 0 Å². The maximum Gasteiger partial charge on any atom is 0.0806 e. The van der Waals surface area contributed by atoms with Gasteiger partial charge >= 0.3 is 0 Å². The van der Waals surface area contributed by atoms with Gasteiger partial charge in [0.15, 0.2) is 0 Å². The summed E-state index contributed by atoms with van der Waals surface area (Å²) in [5, 5.41) is 3.33. The zero-order valence-electron chi connectivity index (χ0n) is 19.5. The van der Waals surface area contributed by atoms with Crippen molar-refractivity contribution in [3.05, 3.63) is 24.3 Å². The van der Waals surface area contributed by atoms with E-state index in [1.165, 1.54) is 82.7 Å². The largest absolute Gasteiger partial charge is 0.0806 e. The van der Waals surface area contributed by atoms with Gasteiger partial charge in [0, 0.05) is 0 Å². The van der Waals surface area contributed by atoms with Gasteiger partial charge < -0.3 is 0 Å². The molecule has 0 heterocycles. The first-order valence-electron chi connectivity index (χ1n) is 11.9. The van der Waals surface area contributed by atoms with E-state index in [9.17, 15) is 0 Å². The molecule has 0 aliphatic carbocycles. The van der Waals surface area contributed by atoms with Crippen LogP contribution in [0.4, 0.5) is 0 Å². The Bertz CT molecular complexity index is 488. The molecule has 0 nitrogen and oxygen atoms in total. The van der Waals surface area contributed by atoms with Crippen LogP contribution >= 0.6 is 0 Å². The third-order valence-corrected chi connectivity index (χ3v) is 13.5. The van der Waals surface area contributed by atoms with Crippen LogP contribution in [0.1, 0.15) is 84.5 Å². The van der Waals surface area contributed by atoms with Crippen molar-refractivity contribution in [3.63, 3.8) is 0 Å². The number of unbranched alkanes of at least 4 members (excludes halogenated alkanes) is 9. The lowest BCUT2D eigenvalue weighted by Crippen LogP contribution is -2.45. The first-order valence-corrected chi connectivity index (χ1v) is 18.4. The summed E-state index contributed by atoms with van der Waals surface area (Å²) in [5.41, 5.74) is 0. The second-order valence-corrected chi connectivity index (χ2v) is 19.7. The van der Waals surface area contributed by atoms with Crippen LogP contribution in [-0.4, -0.2) is 16.1 Å². The molecule has 1 rings (SSSR count). The first-order chi connectivity index (χ1) is 12.8. The molecule has 0 N–H and O–H groups in total. The summed E-state index contributed by atoms with van der Waals surface area (Å²) >= 11 is 0. The molecular weight excluding hydrogens is 356 g/mol. The summed E-state index contributed by atoms with van der Waals surface area (Å²) in [6.07, 6.45) is 15.7. The molecule has 0 aliphatic heterocycles. The predicted molar refractivity (Wildman–Crippen MR) is 132 cm³/mol. The van der Waals surface area contributed by atoms with Crippen LogP contribution in [0.15, 0.2) is 24.3 Å². The van der Waals surface area contributed by atoms with Gasteiger partial charge in [-0.2, -0.15) is 0 Å². The normalized spacial score (nSPS) is 12.5. The average Bonchev–Trinajstić information content (AvgIpc) is 2.65. The third-order valence-electron chi connectivity index (χ3n) is 6.51. The van der Waals surface area contributed by atoms with Crippen molar-refractivity contribution >= 4 is 26.5 Å². The average molecular weight is 405 g/mol. The highest BCUT2D eigenvalue weighted by Crippen LogP contribution is 2.18. The van der Waals surface area contributed by atoms with E-state index in [2.05, 4.69) is 64.3 Å². The second kappa shape index (κ2) is 13.0. The van der Waals surface area contributed by atoms with E-state index in [1.54, 1.807) is 10.4 Å². The molecule has 1 aromatic carbocycles. The van der Waals surface area contributed by atoms with Gasteiger partial charge in [0.05, 0.1) is 16.1 Å². The van der Waals surface area contributed by atoms with Gasteiger partial charge in [-0.05, 0) is 0 Å². The minimum atomic E-state index is -1.26. The fourth-order valence-corrected chi connectivity index (χ4v) is 9.24. The Kier molecular flexibility index (Phi) is 11.9. The van der Waals surface area contributed by atoms with Gasteiger partial charge in [0.25, 0.3) is 0 Å². The lowest BCUT2D eigenvalue weighted by molar-refractivity contribution is 0.571. The summed E-state index contributed by atoms with van der Waals surface area (Å²) in [4.78, 5) is 0. The van der Waals surface area contributed by atoms with Gasteiger partial charge in [-0.3, -0.25) is 0 Å². The molecule has 1 aromatic rings. The van der Waals surface area contributed by atoms with E-state index in [0.717, 1.165) is 0 Å². The minimum Gasteiger partial charge on any atom is -0.0654 e. The smallest absolute Gasteiger partial charge is 0.0654 e. The molecule has 0 radical (unpaired) electrons. The van der Waals surface area contributed by atoms with Crippen LogP contribution in [0.25, 0.3) is 0 Å². The van der Waals surface area contributed by atoms with Crippen LogP contribution in [0.5, 0.6) is 0 Å². The van der Waals surface area contributed by atoms with Crippen LogP contribution in [0, 0.1) is 0 Å². The minimum absolute atomic E-state index is 1.22. The molecule has 156 valence electrons. The summed E-state index contributed by atoms with van der Waals surface area (Å²) < 4.78 is 0. The van der Waals surface area contributed by atoms with Gasteiger partial charge in [-0.15, -0.1) is 0 Å². The zero-order valence-corrected chi connectivity index (χ0v) is 21.5. The van der Waals surface area contributed by atoms with E-state index >= 15 is 0 Å². The molecule has 0 aliphatic rings. The van der Waals surface area contributed by atoms with Crippen molar-refractivity contribution in [3.8, 4) is 0 Å². The zero-order chi connectivity index (χ0) is 20.2. The summed E-state index contributed by atoms with van der Waals surface area (Å²) in [6.45, 7) is 14.9. The van der Waals surface area contributed by atoms with Gasteiger partial charge in [0.2, 0.25) is 0 Å². The Balaban J connectivity index is 2.38. The van der Waals surface area contributed by atoms with Crippen LogP contribution in [0.2, 0.25) is 38.3 Å². The van der Waals surface area contributed by atoms with Crippen LogP contribution < -0.4 is 10.4 Å². The highest BCUT2D eigenvalue weighted by atomic mass is 28.3. The van der Waals surface area contributed by atoms with E-state index in [-0.39, 0.29) is 0 Å². The summed E-state index contributed by atoms with van der Waals surface area (Å²) in [6, 6.07) is 12.9. The van der Waals surface area contributed by atoms with E-state index in [1.807, 2.05) is 0 Å². The molecule has 0 spiro atoms. The van der Waals surface area contributed by atoms with Crippen molar-refractivity contribution in [2.24, 2.45) is 0 Å². The number of benzene rings is 1. The summed E-state index contributed by atoms with van der Waals surface area (Å²) in [7, 11) is -2.48. The third kappa shape index (κ3) is 9.61. The van der Waals surface area contributed by atoms with Crippen molar-refractivity contribution < 1.29 is 0 Å². The number of rotatable bonds is 15. The topological polar surface area (TPSA) is 0 Å². The standard InChI is InChI=1S/C25H48Si2/c1-7-9-11-12-13-14-15-16-17-23-27(5,6)25-20-18-24(19-21-25)26(3,4)22-10-8-2/h18-21H,7-17,22-23H2,1-6H3. The Labute approximate surface area is 173 Å². The number of hydrogen-bond donors (Lipinski definition) is 0. The Morgan fingerprint density at radius 3 is 1.22 bits per heavy atom. The fourth-order valence-electron chi connectivity index (χ4n) is 4.16. The monoisotopic (exact) mass is 404 g/mol. The van der Waals surface area contributed by atoms with Crippen molar-refractivity contribution in [2.75, 3.05) is 0 Å². The predicted octanol–water partition coefficient (Wildman–Crippen LogP) is 7.85. The Morgan fingerprint density at radius 1 is 0.481 bits per heavy atom. The molecule has 0 bridgehead atoms. The highest BCUT2D eigenvalue weighted by molar-refractivity contribution is 6.91. The molecule has 0 aromatic heterocycles. The van der Waals surface area contributed by atoms with E-state index in [0.29, 0.717) is 0 Å². The van der Waals surface area contributed by atoms with Crippen LogP contribution in [-0.2, 0) is 0 Å². The summed E-state index contributed by atoms with van der Waals surface area (Å²) in [5.74, 6) is 0. The second-order valence-electron chi connectivity index (χ2n) is 10.0. The van der Waals surface area contributed by atoms with E-state index in [4.69, 9.17) is 0 Å². The molecule has 27 heavy (non-hydrogen) atoms. The maximum absolute atomic E-state index is 2.58. The van der Waals surface area contributed by atoms with Gasteiger partial charge in [-0.25, -0.2) is 0 Å². The fraction of sp³-hybridized carbons (Fsp3) is 0.760. The van der Waals surface area contributed by atoms with Gasteiger partial charge in [0.1, 0.15) is 0 Å². The number of hydrogen-bond acceptors (Lipinski definition) is 0. The SMILES string of the molecule is CCCCCCCCCCC[Si](C)(C)c1ccc([Si](C)(C)CCCC)cc1. The molecule has 0 amide bonds. The molecule has 2 heteroatoms. The maximum atomic E-state index is 2.58. The molecule has 0 unspecified atom stereocenters. The molecule has 0 saturated heterocycles.